The molecule has 15 heavy (non-hydrogen) atoms. The van der Waals surface area contributed by atoms with Crippen molar-refractivity contribution in [3.8, 4) is 0 Å². The number of halogens is 1. The maximum Gasteiger partial charge on any atom is 1.00 e. The summed E-state index contributed by atoms with van der Waals surface area (Å²) >= 11 is 6.21. The van der Waals surface area contributed by atoms with E-state index in [2.05, 4.69) is 3.63 Å². The molecule has 0 saturated heterocycles. The van der Waals surface area contributed by atoms with Crippen LogP contribution in [0.5, 0.6) is 0 Å². The smallest absolute Gasteiger partial charge is 0.725 e. The Morgan fingerprint density at radius 1 is 1.33 bits per heavy atom. The molecular weight excluding hydrogens is 271 g/mol. The number of hydrogen-bond donors (Lipinski definition) is 0. The molecule has 0 atom stereocenters. The van der Waals surface area contributed by atoms with Gasteiger partial charge in [0.25, 0.3) is 0 Å². The topological polar surface area (TPSA) is 66.4 Å². The van der Waals surface area contributed by atoms with E-state index in [0.717, 1.165) is 5.56 Å². The van der Waals surface area contributed by atoms with Gasteiger partial charge in [-0.2, -0.15) is 0 Å². The van der Waals surface area contributed by atoms with Crippen molar-refractivity contribution in [1.82, 2.24) is 0 Å². The van der Waals surface area contributed by atoms with Crippen molar-refractivity contribution in [2.75, 3.05) is 0 Å². The van der Waals surface area contributed by atoms with E-state index in [-0.39, 0.29) is 35.3 Å². The molecule has 0 heterocycles. The molecule has 78 valence electrons. The van der Waals surface area contributed by atoms with Gasteiger partial charge >= 0.3 is 29.6 Å². The Morgan fingerprint density at radius 2 is 1.87 bits per heavy atom. The number of hydrogen-bond acceptors (Lipinski definition) is 5. The molecule has 1 aromatic rings. The Morgan fingerprint density at radius 3 is 2.33 bits per heavy atom. The zero-order chi connectivity index (χ0) is 10.6. The molecule has 0 aliphatic carbocycles. The van der Waals surface area contributed by atoms with Crippen LogP contribution in [0.4, 0.5) is 0 Å². The van der Waals surface area contributed by atoms with Crippen molar-refractivity contribution >= 4 is 34.0 Å². The maximum atomic E-state index is 10.1. The zero-order valence-electron chi connectivity index (χ0n) is 7.84. The van der Waals surface area contributed by atoms with Gasteiger partial charge in [-0.05, 0) is 17.7 Å². The summed E-state index contributed by atoms with van der Waals surface area (Å²) in [5.74, 6) is 0.276. The molecule has 1 aromatic carbocycles. The predicted molar refractivity (Wildman–Crippen MR) is 53.5 cm³/mol. The van der Waals surface area contributed by atoms with Gasteiger partial charge in [0.2, 0.25) is 10.4 Å². The van der Waals surface area contributed by atoms with Crippen LogP contribution in [0.1, 0.15) is 5.56 Å². The van der Waals surface area contributed by atoms with E-state index in [1.165, 1.54) is 0 Å². The SMILES string of the molecule is O=S(=O)([O-])OSCc1ccc(Cl)cc1.[Na+]. The summed E-state index contributed by atoms with van der Waals surface area (Å²) in [5, 5.41) is 0.594. The van der Waals surface area contributed by atoms with Gasteiger partial charge in [-0.1, -0.05) is 23.7 Å². The molecule has 0 aliphatic rings. The second kappa shape index (κ2) is 7.13. The summed E-state index contributed by atoms with van der Waals surface area (Å²) in [6, 6.07) is 6.78. The fraction of sp³-hybridized carbons (Fsp3) is 0.143. The van der Waals surface area contributed by atoms with Crippen LogP contribution in [-0.2, 0) is 19.8 Å². The first-order valence-corrected chi connectivity index (χ1v) is 6.11. The second-order valence-electron chi connectivity index (χ2n) is 2.36. The summed E-state index contributed by atoms with van der Waals surface area (Å²) in [7, 11) is -4.62. The molecule has 8 heteroatoms. The Hall–Kier alpha value is 0.730. The van der Waals surface area contributed by atoms with E-state index in [0.29, 0.717) is 17.1 Å². The van der Waals surface area contributed by atoms with E-state index in [4.69, 9.17) is 11.6 Å². The third-order valence-electron chi connectivity index (χ3n) is 1.27. The molecular formula is C7H6ClNaO4S2. The van der Waals surface area contributed by atoms with Crippen molar-refractivity contribution < 1.29 is 46.2 Å². The molecule has 1 rings (SSSR count). The Balaban J connectivity index is 0.00000196. The second-order valence-corrected chi connectivity index (χ2v) is 4.69. The van der Waals surface area contributed by atoms with Crippen LogP contribution in [-0.4, -0.2) is 13.0 Å². The van der Waals surface area contributed by atoms with Gasteiger partial charge in [0, 0.05) is 22.8 Å². The van der Waals surface area contributed by atoms with E-state index in [1.807, 2.05) is 0 Å². The summed E-state index contributed by atoms with van der Waals surface area (Å²) < 4.78 is 34.1. The van der Waals surface area contributed by atoms with Gasteiger partial charge in [0.15, 0.2) is 0 Å². The molecule has 0 spiro atoms. The number of benzene rings is 1. The molecule has 0 aromatic heterocycles. The van der Waals surface area contributed by atoms with Crippen LogP contribution in [0.15, 0.2) is 24.3 Å². The van der Waals surface area contributed by atoms with E-state index < -0.39 is 10.4 Å². The fourth-order valence-electron chi connectivity index (χ4n) is 0.732. The van der Waals surface area contributed by atoms with Crippen LogP contribution >= 0.6 is 23.6 Å². The number of rotatable bonds is 4. The van der Waals surface area contributed by atoms with Crippen LogP contribution in [0.3, 0.4) is 0 Å². The molecule has 0 fully saturated rings. The minimum absolute atomic E-state index is 0. The minimum Gasteiger partial charge on any atom is -0.725 e. The van der Waals surface area contributed by atoms with Gasteiger partial charge < -0.3 is 4.55 Å². The Kier molecular flexibility index (Phi) is 7.48. The molecule has 0 radical (unpaired) electrons. The molecule has 0 saturated carbocycles. The van der Waals surface area contributed by atoms with E-state index in [1.54, 1.807) is 24.3 Å². The third-order valence-corrected chi connectivity index (χ3v) is 3.03. The average Bonchev–Trinajstić information content (AvgIpc) is 2.06. The quantitative estimate of drug-likeness (QED) is 0.304. The maximum absolute atomic E-state index is 10.1. The van der Waals surface area contributed by atoms with Crippen LogP contribution in [0.2, 0.25) is 5.02 Å². The van der Waals surface area contributed by atoms with E-state index in [9.17, 15) is 13.0 Å². The van der Waals surface area contributed by atoms with Crippen LogP contribution < -0.4 is 29.6 Å². The summed E-state index contributed by atoms with van der Waals surface area (Å²) in [5.41, 5.74) is 0.822. The molecule has 0 amide bonds. The average molecular weight is 277 g/mol. The molecule has 0 N–H and O–H groups in total. The summed E-state index contributed by atoms with van der Waals surface area (Å²) in [4.78, 5) is 0. The summed E-state index contributed by atoms with van der Waals surface area (Å²) in [6.07, 6.45) is 0. The normalized spacial score (nSPS) is 10.8. The molecule has 0 aliphatic heterocycles. The predicted octanol–water partition coefficient (Wildman–Crippen LogP) is -1.03. The van der Waals surface area contributed by atoms with Gasteiger partial charge in [0.05, 0.1) is 0 Å². The van der Waals surface area contributed by atoms with Crippen molar-refractivity contribution in [1.29, 1.82) is 0 Å². The van der Waals surface area contributed by atoms with Crippen molar-refractivity contribution in [2.45, 2.75) is 5.75 Å². The minimum atomic E-state index is -4.62. The third kappa shape index (κ3) is 7.59. The van der Waals surface area contributed by atoms with E-state index >= 15 is 0 Å². The van der Waals surface area contributed by atoms with Crippen LogP contribution in [0, 0.1) is 0 Å². The van der Waals surface area contributed by atoms with Gasteiger partial charge in [0.1, 0.15) is 0 Å². The first-order valence-electron chi connectivity index (χ1n) is 3.49. The van der Waals surface area contributed by atoms with Gasteiger partial charge in [-0.3, -0.25) is 0 Å². The molecule has 0 unspecified atom stereocenters. The first kappa shape index (κ1) is 15.7. The largest absolute Gasteiger partial charge is 1.00 e. The van der Waals surface area contributed by atoms with Crippen molar-refractivity contribution in [3.05, 3.63) is 34.9 Å². The molecule has 4 nitrogen and oxygen atoms in total. The summed E-state index contributed by atoms with van der Waals surface area (Å²) in [6.45, 7) is 0. The monoisotopic (exact) mass is 276 g/mol. The van der Waals surface area contributed by atoms with Crippen molar-refractivity contribution in [3.63, 3.8) is 0 Å². The zero-order valence-corrected chi connectivity index (χ0v) is 12.2. The van der Waals surface area contributed by atoms with Gasteiger partial charge in [-0.25, -0.2) is 12.0 Å². The standard InChI is InChI=1S/C7H7ClO4S2.Na/c8-7-3-1-6(2-4-7)5-13-12-14(9,10)11;/h1-4H,5H2,(H,9,10,11);/q;+1/p-1. The first-order chi connectivity index (χ1) is 6.47. The molecule has 0 bridgehead atoms. The fourth-order valence-corrected chi connectivity index (χ4v) is 1.85. The van der Waals surface area contributed by atoms with Crippen LogP contribution in [0.25, 0.3) is 0 Å². The Bertz CT molecular complexity index is 392. The van der Waals surface area contributed by atoms with Crippen molar-refractivity contribution in [2.24, 2.45) is 0 Å². The van der Waals surface area contributed by atoms with Gasteiger partial charge in [-0.15, -0.1) is 0 Å². The Labute approximate surface area is 120 Å².